The van der Waals surface area contributed by atoms with E-state index in [4.69, 9.17) is 9.84 Å². The van der Waals surface area contributed by atoms with Crippen molar-refractivity contribution in [3.63, 3.8) is 0 Å². The Kier molecular flexibility index (Phi) is 6.18. The lowest BCUT2D eigenvalue weighted by Crippen LogP contribution is -2.56. The molecule has 20 heavy (non-hydrogen) atoms. The highest BCUT2D eigenvalue weighted by molar-refractivity contribution is 7.99. The maximum Gasteiger partial charge on any atom is 0.326 e. The minimum absolute atomic E-state index is 0.0627. The molecule has 2 aliphatic carbocycles. The molecule has 0 bridgehead atoms. The first-order valence-electron chi connectivity index (χ1n) is 7.77. The molecular weight excluding hydrogens is 274 g/mol. The summed E-state index contributed by atoms with van der Waals surface area (Å²) in [5.74, 6) is 2.41. The number of rotatable bonds is 9. The highest BCUT2D eigenvalue weighted by Gasteiger charge is 2.51. The molecule has 0 heterocycles. The van der Waals surface area contributed by atoms with E-state index >= 15 is 0 Å². The minimum Gasteiger partial charge on any atom is -0.468 e. The van der Waals surface area contributed by atoms with E-state index in [-0.39, 0.29) is 12.6 Å². The summed E-state index contributed by atoms with van der Waals surface area (Å²) in [6.07, 6.45) is 7.45. The molecule has 4 nitrogen and oxygen atoms in total. The molecule has 0 saturated heterocycles. The van der Waals surface area contributed by atoms with Crippen molar-refractivity contribution in [1.29, 1.82) is 0 Å². The minimum atomic E-state index is -0.423. The zero-order chi connectivity index (χ0) is 14.4. The Morgan fingerprint density at radius 1 is 1.40 bits per heavy atom. The monoisotopic (exact) mass is 301 g/mol. The molecule has 116 valence electrons. The Balaban J connectivity index is 1.88. The molecule has 2 atom stereocenters. The van der Waals surface area contributed by atoms with Crippen molar-refractivity contribution in [3.05, 3.63) is 0 Å². The maximum atomic E-state index is 12.3. The van der Waals surface area contributed by atoms with Gasteiger partial charge in [0.05, 0.1) is 7.11 Å². The summed E-state index contributed by atoms with van der Waals surface area (Å²) in [6, 6.07) is 0.525. The molecule has 0 aromatic heterocycles. The van der Waals surface area contributed by atoms with Crippen LogP contribution >= 0.6 is 11.8 Å². The zero-order valence-corrected chi connectivity index (χ0v) is 13.2. The summed E-state index contributed by atoms with van der Waals surface area (Å²) >= 11 is 1.88. The molecule has 2 N–H and O–H groups in total. The van der Waals surface area contributed by atoms with Crippen LogP contribution in [0.1, 0.15) is 44.9 Å². The first-order valence-corrected chi connectivity index (χ1v) is 8.93. The van der Waals surface area contributed by atoms with Gasteiger partial charge in [0.25, 0.3) is 0 Å². The molecule has 2 aliphatic rings. The maximum absolute atomic E-state index is 12.3. The van der Waals surface area contributed by atoms with Gasteiger partial charge >= 0.3 is 5.97 Å². The Labute approximate surface area is 126 Å². The van der Waals surface area contributed by atoms with Gasteiger partial charge in [0.1, 0.15) is 5.54 Å². The average Bonchev–Trinajstić information content (AvgIpc) is 3.18. The van der Waals surface area contributed by atoms with Gasteiger partial charge in [0.2, 0.25) is 0 Å². The molecule has 0 aliphatic heterocycles. The van der Waals surface area contributed by atoms with E-state index in [2.05, 4.69) is 5.32 Å². The summed E-state index contributed by atoms with van der Waals surface area (Å²) in [5, 5.41) is 12.4. The summed E-state index contributed by atoms with van der Waals surface area (Å²) < 4.78 is 5.10. The fourth-order valence-electron chi connectivity index (χ4n) is 3.25. The standard InChI is InChI=1S/C15H27NO3S/c1-19-14(18)15(16-13-5-6-13)8-2-4-12(15)7-11-20-10-3-9-17/h12-13,16-17H,2-11H2,1H3. The van der Waals surface area contributed by atoms with Gasteiger partial charge in [-0.1, -0.05) is 6.42 Å². The van der Waals surface area contributed by atoms with Gasteiger partial charge in [-0.2, -0.15) is 11.8 Å². The van der Waals surface area contributed by atoms with Crippen molar-refractivity contribution in [2.75, 3.05) is 25.2 Å². The Morgan fingerprint density at radius 2 is 2.20 bits per heavy atom. The number of thioether (sulfide) groups is 1. The van der Waals surface area contributed by atoms with Crippen LogP contribution in [0.2, 0.25) is 0 Å². The quantitative estimate of drug-likeness (QED) is 0.503. The lowest BCUT2D eigenvalue weighted by molar-refractivity contribution is -0.150. The first kappa shape index (κ1) is 16.1. The van der Waals surface area contributed by atoms with Crippen LogP contribution in [0.4, 0.5) is 0 Å². The van der Waals surface area contributed by atoms with Gasteiger partial charge in [0.15, 0.2) is 0 Å². The second-order valence-corrected chi connectivity index (χ2v) is 7.17. The SMILES string of the molecule is COC(=O)C1(NC2CC2)CCCC1CCSCCCO. The van der Waals surface area contributed by atoms with Crippen molar-refractivity contribution >= 4 is 17.7 Å². The van der Waals surface area contributed by atoms with Crippen molar-refractivity contribution in [2.24, 2.45) is 5.92 Å². The lowest BCUT2D eigenvalue weighted by atomic mass is 9.84. The molecule has 2 saturated carbocycles. The highest BCUT2D eigenvalue weighted by atomic mass is 32.2. The average molecular weight is 301 g/mol. The summed E-state index contributed by atoms with van der Waals surface area (Å²) in [4.78, 5) is 12.3. The molecule has 2 unspecified atom stereocenters. The smallest absolute Gasteiger partial charge is 0.326 e. The second-order valence-electron chi connectivity index (χ2n) is 5.95. The van der Waals surface area contributed by atoms with Crippen LogP contribution in [0.15, 0.2) is 0 Å². The predicted molar refractivity (Wildman–Crippen MR) is 81.9 cm³/mol. The van der Waals surface area contributed by atoms with Crippen LogP contribution in [0.25, 0.3) is 0 Å². The van der Waals surface area contributed by atoms with E-state index in [1.54, 1.807) is 0 Å². The molecule has 2 fully saturated rings. The third kappa shape index (κ3) is 3.89. The van der Waals surface area contributed by atoms with E-state index in [1.807, 2.05) is 11.8 Å². The van der Waals surface area contributed by atoms with Crippen LogP contribution in [0.3, 0.4) is 0 Å². The third-order valence-corrected chi connectivity index (χ3v) is 5.57. The van der Waals surface area contributed by atoms with E-state index < -0.39 is 5.54 Å². The Hall–Kier alpha value is -0.260. The Bertz CT molecular complexity index is 322. The third-order valence-electron chi connectivity index (χ3n) is 4.47. The fourth-order valence-corrected chi connectivity index (χ4v) is 4.24. The normalized spacial score (nSPS) is 29.6. The summed E-state index contributed by atoms with van der Waals surface area (Å²) in [7, 11) is 1.50. The molecule has 0 spiro atoms. The summed E-state index contributed by atoms with van der Waals surface area (Å²) in [6.45, 7) is 0.270. The number of aliphatic hydroxyl groups is 1. The van der Waals surface area contributed by atoms with Crippen molar-refractivity contribution < 1.29 is 14.6 Å². The summed E-state index contributed by atoms with van der Waals surface area (Å²) in [5.41, 5.74) is -0.423. The number of nitrogens with one attached hydrogen (secondary N) is 1. The second kappa shape index (κ2) is 7.66. The van der Waals surface area contributed by atoms with Gasteiger partial charge in [0, 0.05) is 12.6 Å². The molecular formula is C15H27NO3S. The molecule has 0 radical (unpaired) electrons. The van der Waals surface area contributed by atoms with Gasteiger partial charge in [-0.25, -0.2) is 0 Å². The van der Waals surface area contributed by atoms with E-state index in [0.29, 0.717) is 12.0 Å². The number of ether oxygens (including phenoxy) is 1. The van der Waals surface area contributed by atoms with E-state index in [1.165, 1.54) is 20.0 Å². The van der Waals surface area contributed by atoms with E-state index in [9.17, 15) is 4.79 Å². The van der Waals surface area contributed by atoms with Gasteiger partial charge in [-0.3, -0.25) is 10.1 Å². The molecule has 0 aromatic rings. The number of carbonyl (C=O) groups is 1. The molecule has 5 heteroatoms. The molecule has 0 amide bonds. The number of aliphatic hydroxyl groups excluding tert-OH is 1. The van der Waals surface area contributed by atoms with Crippen molar-refractivity contribution in [3.8, 4) is 0 Å². The number of hydrogen-bond acceptors (Lipinski definition) is 5. The van der Waals surface area contributed by atoms with Gasteiger partial charge in [-0.15, -0.1) is 0 Å². The van der Waals surface area contributed by atoms with E-state index in [0.717, 1.165) is 43.6 Å². The largest absolute Gasteiger partial charge is 0.468 e. The molecule has 0 aromatic carbocycles. The van der Waals surface area contributed by atoms with Crippen molar-refractivity contribution in [1.82, 2.24) is 5.32 Å². The van der Waals surface area contributed by atoms with Crippen LogP contribution in [-0.4, -0.2) is 47.9 Å². The van der Waals surface area contributed by atoms with Gasteiger partial charge < -0.3 is 9.84 Å². The highest BCUT2D eigenvalue weighted by Crippen LogP contribution is 2.41. The van der Waals surface area contributed by atoms with Crippen LogP contribution in [0.5, 0.6) is 0 Å². The van der Waals surface area contributed by atoms with Crippen LogP contribution < -0.4 is 5.32 Å². The topological polar surface area (TPSA) is 58.6 Å². The first-order chi connectivity index (χ1) is 9.73. The molecule has 2 rings (SSSR count). The van der Waals surface area contributed by atoms with Crippen molar-refractivity contribution in [2.45, 2.75) is 56.5 Å². The van der Waals surface area contributed by atoms with Gasteiger partial charge in [-0.05, 0) is 55.9 Å². The lowest BCUT2D eigenvalue weighted by Gasteiger charge is -2.34. The number of carbonyl (C=O) groups excluding carboxylic acids is 1. The zero-order valence-electron chi connectivity index (χ0n) is 12.4. The Morgan fingerprint density at radius 3 is 2.85 bits per heavy atom. The predicted octanol–water partition coefficient (Wildman–Crippen LogP) is 1.96. The number of hydrogen-bond donors (Lipinski definition) is 2. The van der Waals surface area contributed by atoms with Crippen LogP contribution in [-0.2, 0) is 9.53 Å². The number of esters is 1. The number of methoxy groups -OCH3 is 1. The van der Waals surface area contributed by atoms with Crippen LogP contribution in [0, 0.1) is 5.92 Å². The fraction of sp³-hybridized carbons (Fsp3) is 0.933.